The largest absolute Gasteiger partial charge is 0.384 e. The van der Waals surface area contributed by atoms with E-state index in [1.807, 2.05) is 53.1 Å². The lowest BCUT2D eigenvalue weighted by molar-refractivity contribution is 0.677. The number of imidazole rings is 1. The minimum atomic E-state index is -0.121. The first kappa shape index (κ1) is 24.0. The molecule has 0 bridgehead atoms. The van der Waals surface area contributed by atoms with Gasteiger partial charge in [0.15, 0.2) is 0 Å². The summed E-state index contributed by atoms with van der Waals surface area (Å²) in [7, 11) is 0. The van der Waals surface area contributed by atoms with Crippen LogP contribution in [0, 0.1) is 10.8 Å². The second-order valence-electron chi connectivity index (χ2n) is 9.62. The number of fused-ring (bicyclic) bond motifs is 2. The number of rotatable bonds is 7. The molecule has 37 heavy (non-hydrogen) atoms. The predicted molar refractivity (Wildman–Crippen MR) is 149 cm³/mol. The van der Waals surface area contributed by atoms with Gasteiger partial charge in [0, 0.05) is 29.8 Å². The fourth-order valence-corrected chi connectivity index (χ4v) is 4.70. The van der Waals surface area contributed by atoms with E-state index in [0.717, 1.165) is 27.7 Å². The van der Waals surface area contributed by atoms with Gasteiger partial charge in [-0.3, -0.25) is 15.6 Å². The van der Waals surface area contributed by atoms with Crippen molar-refractivity contribution in [1.29, 1.82) is 10.8 Å². The topological polar surface area (TPSA) is 140 Å². The summed E-state index contributed by atoms with van der Waals surface area (Å²) < 4.78 is 3.68. The van der Waals surface area contributed by atoms with E-state index in [2.05, 4.69) is 26.0 Å². The number of nitrogens with two attached hydrogens (primary N) is 2. The summed E-state index contributed by atoms with van der Waals surface area (Å²) in [5.74, 6) is 0.998. The maximum Gasteiger partial charge on any atom is 0.277 e. The third-order valence-corrected chi connectivity index (χ3v) is 6.56. The van der Waals surface area contributed by atoms with Crippen molar-refractivity contribution in [1.82, 2.24) is 14.1 Å². The van der Waals surface area contributed by atoms with Crippen LogP contribution < -0.4 is 17.0 Å². The first-order chi connectivity index (χ1) is 17.7. The molecule has 0 aliphatic carbocycles. The first-order valence-electron chi connectivity index (χ1n) is 12.1. The highest BCUT2D eigenvalue weighted by atomic mass is 16.1. The molecule has 0 unspecified atom stereocenters. The zero-order valence-corrected chi connectivity index (χ0v) is 20.8. The molecule has 2 heterocycles. The Kier molecular flexibility index (Phi) is 6.09. The standard InChI is InChI=1S/C29H29N7O/c1-17(2)28-34-24-10-11-35(15-18-4-3-5-21(12-18)26(30)31)29(37)25(24)36(28)16-19-6-7-20-8-9-22(27(32)33)14-23(20)13-19/h3-14,17H,15-16H2,1-2H3,(H3,30,31)(H3,32,33). The Balaban J connectivity index is 1.59. The van der Waals surface area contributed by atoms with Gasteiger partial charge in [-0.15, -0.1) is 0 Å². The van der Waals surface area contributed by atoms with Crippen molar-refractivity contribution < 1.29 is 0 Å². The third-order valence-electron chi connectivity index (χ3n) is 6.56. The molecule has 5 aromatic rings. The lowest BCUT2D eigenvalue weighted by atomic mass is 10.0. The number of amidine groups is 2. The molecule has 2 aromatic heterocycles. The average Bonchev–Trinajstić information content (AvgIpc) is 3.24. The highest BCUT2D eigenvalue weighted by molar-refractivity contribution is 5.99. The number of hydrogen-bond acceptors (Lipinski definition) is 4. The molecular weight excluding hydrogens is 462 g/mol. The van der Waals surface area contributed by atoms with Crippen LogP contribution in [0.3, 0.4) is 0 Å². The Morgan fingerprint density at radius 1 is 0.865 bits per heavy atom. The zero-order chi connectivity index (χ0) is 26.3. The molecule has 0 fully saturated rings. The van der Waals surface area contributed by atoms with Crippen molar-refractivity contribution >= 4 is 33.5 Å². The number of aromatic nitrogens is 3. The van der Waals surface area contributed by atoms with Gasteiger partial charge < -0.3 is 20.6 Å². The van der Waals surface area contributed by atoms with Gasteiger partial charge in [0.25, 0.3) is 5.56 Å². The SMILES string of the molecule is CC(C)c1nc2ccn(Cc3cccc(C(=N)N)c3)c(=O)c2n1Cc1ccc2ccc(C(=N)N)cc2c1. The fraction of sp³-hybridized carbons (Fsp3) is 0.172. The fourth-order valence-electron chi connectivity index (χ4n) is 4.70. The summed E-state index contributed by atoms with van der Waals surface area (Å²) in [6.07, 6.45) is 1.77. The summed E-state index contributed by atoms with van der Waals surface area (Å²) in [6.45, 7) is 5.00. The van der Waals surface area contributed by atoms with Gasteiger partial charge >= 0.3 is 0 Å². The van der Waals surface area contributed by atoms with E-state index in [1.165, 1.54) is 0 Å². The summed E-state index contributed by atoms with van der Waals surface area (Å²) in [5.41, 5.74) is 15.7. The number of nitrogens with one attached hydrogen (secondary N) is 2. The van der Waals surface area contributed by atoms with E-state index in [0.29, 0.717) is 35.2 Å². The Morgan fingerprint density at radius 2 is 1.57 bits per heavy atom. The average molecular weight is 492 g/mol. The van der Waals surface area contributed by atoms with Gasteiger partial charge in [0.1, 0.15) is 23.0 Å². The van der Waals surface area contributed by atoms with E-state index in [1.54, 1.807) is 16.8 Å². The molecule has 0 atom stereocenters. The van der Waals surface area contributed by atoms with Crippen LogP contribution in [0.5, 0.6) is 0 Å². The molecule has 5 rings (SSSR count). The lowest BCUT2D eigenvalue weighted by Crippen LogP contribution is -2.23. The van der Waals surface area contributed by atoms with Crippen LogP contribution in [0.15, 0.2) is 77.7 Å². The minimum Gasteiger partial charge on any atom is -0.384 e. The number of nitrogens with zero attached hydrogens (tertiary/aromatic N) is 3. The van der Waals surface area contributed by atoms with Crippen LogP contribution in [-0.2, 0) is 13.1 Å². The molecule has 8 nitrogen and oxygen atoms in total. The molecule has 0 aliphatic heterocycles. The molecular formula is C29H29N7O. The minimum absolute atomic E-state index is 0.00453. The van der Waals surface area contributed by atoms with Gasteiger partial charge in [-0.2, -0.15) is 0 Å². The molecule has 6 N–H and O–H groups in total. The second-order valence-corrected chi connectivity index (χ2v) is 9.62. The van der Waals surface area contributed by atoms with Gasteiger partial charge in [0.2, 0.25) is 0 Å². The van der Waals surface area contributed by atoms with Crippen molar-refractivity contribution in [2.45, 2.75) is 32.9 Å². The molecule has 0 aliphatic rings. The number of hydrogen-bond donors (Lipinski definition) is 4. The van der Waals surface area contributed by atoms with Crippen LogP contribution in [0.25, 0.3) is 21.8 Å². The smallest absolute Gasteiger partial charge is 0.277 e. The van der Waals surface area contributed by atoms with Crippen LogP contribution in [0.2, 0.25) is 0 Å². The summed E-state index contributed by atoms with van der Waals surface area (Å²) in [6, 6.07) is 21.2. The molecule has 0 saturated heterocycles. The zero-order valence-electron chi connectivity index (χ0n) is 20.8. The maximum absolute atomic E-state index is 13.7. The first-order valence-corrected chi connectivity index (χ1v) is 12.1. The monoisotopic (exact) mass is 491 g/mol. The van der Waals surface area contributed by atoms with E-state index in [-0.39, 0.29) is 23.1 Å². The van der Waals surface area contributed by atoms with Crippen molar-refractivity contribution in [3.63, 3.8) is 0 Å². The molecule has 0 amide bonds. The van der Waals surface area contributed by atoms with Crippen LogP contribution in [0.1, 0.15) is 47.8 Å². The van der Waals surface area contributed by atoms with Gasteiger partial charge in [-0.1, -0.05) is 56.3 Å². The number of nitrogen functional groups attached to an aromatic ring is 2. The van der Waals surface area contributed by atoms with Gasteiger partial charge in [-0.25, -0.2) is 4.98 Å². The summed E-state index contributed by atoms with van der Waals surface area (Å²) >= 11 is 0. The Labute approximate surface area is 214 Å². The highest BCUT2D eigenvalue weighted by Crippen LogP contribution is 2.24. The Hall–Kier alpha value is -4.72. The molecule has 3 aromatic carbocycles. The number of pyridine rings is 1. The quantitative estimate of drug-likeness (QED) is 0.201. The van der Waals surface area contributed by atoms with Crippen LogP contribution in [0.4, 0.5) is 0 Å². The second kappa shape index (κ2) is 9.39. The number of benzene rings is 3. The third kappa shape index (κ3) is 4.61. The van der Waals surface area contributed by atoms with Crippen molar-refractivity contribution in [3.05, 3.63) is 111 Å². The summed E-state index contributed by atoms with van der Waals surface area (Å²) in [4.78, 5) is 18.5. The Bertz CT molecular complexity index is 1740. The van der Waals surface area contributed by atoms with Crippen molar-refractivity contribution in [3.8, 4) is 0 Å². The van der Waals surface area contributed by atoms with Crippen LogP contribution in [-0.4, -0.2) is 25.8 Å². The normalized spacial score (nSPS) is 11.4. The maximum atomic E-state index is 13.7. The van der Waals surface area contributed by atoms with E-state index in [4.69, 9.17) is 27.3 Å². The molecule has 8 heteroatoms. The molecule has 0 radical (unpaired) electrons. The predicted octanol–water partition coefficient (Wildman–Crippen LogP) is 4.14. The van der Waals surface area contributed by atoms with Crippen molar-refractivity contribution in [2.24, 2.45) is 11.5 Å². The highest BCUT2D eigenvalue weighted by Gasteiger charge is 2.18. The van der Waals surface area contributed by atoms with E-state index < -0.39 is 0 Å². The van der Waals surface area contributed by atoms with E-state index in [9.17, 15) is 4.79 Å². The lowest BCUT2D eigenvalue weighted by Gasteiger charge is -2.13. The van der Waals surface area contributed by atoms with Crippen molar-refractivity contribution in [2.75, 3.05) is 0 Å². The summed E-state index contributed by atoms with van der Waals surface area (Å²) in [5, 5.41) is 17.5. The molecule has 186 valence electrons. The Morgan fingerprint density at radius 3 is 2.30 bits per heavy atom. The van der Waals surface area contributed by atoms with Crippen LogP contribution >= 0.6 is 0 Å². The van der Waals surface area contributed by atoms with Gasteiger partial charge in [-0.05, 0) is 46.2 Å². The molecule has 0 spiro atoms. The van der Waals surface area contributed by atoms with Gasteiger partial charge in [0.05, 0.1) is 12.1 Å². The van der Waals surface area contributed by atoms with E-state index >= 15 is 0 Å². The molecule has 0 saturated carbocycles.